The largest absolute Gasteiger partial charge is 0.355 e. The van der Waals surface area contributed by atoms with Crippen LogP contribution in [-0.4, -0.2) is 47.9 Å². The number of carbonyl (C=O) groups excluding carboxylic acids is 2. The van der Waals surface area contributed by atoms with Crippen LogP contribution in [0.3, 0.4) is 0 Å². The van der Waals surface area contributed by atoms with Crippen molar-refractivity contribution in [2.75, 3.05) is 36.4 Å². The minimum atomic E-state index is -0.236. The number of thiophene rings is 1. The molecule has 0 atom stereocenters. The maximum atomic E-state index is 12.6. The molecule has 0 spiro atoms. The van der Waals surface area contributed by atoms with E-state index in [-0.39, 0.29) is 11.8 Å². The number of aromatic nitrogens is 1. The molecule has 1 saturated heterocycles. The first-order valence-corrected chi connectivity index (χ1v) is 11.0. The second-order valence-electron chi connectivity index (χ2n) is 6.98. The Bertz CT molecular complexity index is 1020. The molecule has 1 aliphatic rings. The van der Waals surface area contributed by atoms with E-state index in [1.165, 1.54) is 11.3 Å². The van der Waals surface area contributed by atoms with Crippen LogP contribution in [0.5, 0.6) is 0 Å². The average Bonchev–Trinajstić information content (AvgIpc) is 3.18. The van der Waals surface area contributed by atoms with Crippen molar-refractivity contribution < 1.29 is 9.59 Å². The molecule has 2 aromatic heterocycles. The van der Waals surface area contributed by atoms with Crippen LogP contribution in [-0.2, 0) is 0 Å². The van der Waals surface area contributed by atoms with E-state index in [0.29, 0.717) is 29.4 Å². The number of pyridine rings is 1. The van der Waals surface area contributed by atoms with Gasteiger partial charge in [0.15, 0.2) is 0 Å². The third-order valence-corrected chi connectivity index (χ3v) is 6.02. The van der Waals surface area contributed by atoms with E-state index in [1.807, 2.05) is 28.5 Å². The number of halogens is 1. The van der Waals surface area contributed by atoms with Gasteiger partial charge in [-0.15, -0.1) is 11.3 Å². The van der Waals surface area contributed by atoms with Crippen LogP contribution in [0.1, 0.15) is 26.5 Å². The van der Waals surface area contributed by atoms with E-state index in [9.17, 15) is 9.59 Å². The van der Waals surface area contributed by atoms with Gasteiger partial charge in [-0.1, -0.05) is 23.7 Å². The van der Waals surface area contributed by atoms with Gasteiger partial charge in [0.25, 0.3) is 11.8 Å². The summed E-state index contributed by atoms with van der Waals surface area (Å²) < 4.78 is 0. The van der Waals surface area contributed by atoms with Gasteiger partial charge >= 0.3 is 0 Å². The zero-order chi connectivity index (χ0) is 20.9. The molecule has 1 fully saturated rings. The average molecular weight is 441 g/mol. The fraction of sp³-hybridized carbons (Fsp3) is 0.227. The predicted octanol–water partition coefficient (Wildman–Crippen LogP) is 4.40. The Hall–Kier alpha value is -2.90. The van der Waals surface area contributed by atoms with Gasteiger partial charge in [0.1, 0.15) is 5.82 Å². The van der Waals surface area contributed by atoms with Crippen molar-refractivity contribution in [3.8, 4) is 0 Å². The van der Waals surface area contributed by atoms with E-state index in [1.54, 1.807) is 36.5 Å². The van der Waals surface area contributed by atoms with Crippen molar-refractivity contribution in [2.24, 2.45) is 0 Å². The third kappa shape index (κ3) is 4.80. The minimum absolute atomic E-state index is 0.0906. The maximum Gasteiger partial charge on any atom is 0.263 e. The van der Waals surface area contributed by atoms with Crippen LogP contribution >= 0.6 is 22.9 Å². The van der Waals surface area contributed by atoms with Crippen molar-refractivity contribution in [1.82, 2.24) is 9.88 Å². The van der Waals surface area contributed by atoms with Crippen LogP contribution in [0.4, 0.5) is 11.5 Å². The van der Waals surface area contributed by atoms with E-state index >= 15 is 0 Å². The summed E-state index contributed by atoms with van der Waals surface area (Å²) in [5.41, 5.74) is 1.11. The number of anilines is 2. The summed E-state index contributed by atoms with van der Waals surface area (Å²) in [6, 6.07) is 14.4. The second kappa shape index (κ2) is 9.28. The molecule has 2 amide bonds. The molecule has 6 nitrogen and oxygen atoms in total. The van der Waals surface area contributed by atoms with Gasteiger partial charge in [-0.25, -0.2) is 4.98 Å². The smallest absolute Gasteiger partial charge is 0.263 e. The first kappa shape index (κ1) is 20.4. The fourth-order valence-corrected chi connectivity index (χ4v) is 4.26. The summed E-state index contributed by atoms with van der Waals surface area (Å²) in [6.45, 7) is 2.90. The predicted molar refractivity (Wildman–Crippen MR) is 121 cm³/mol. The van der Waals surface area contributed by atoms with Crippen LogP contribution in [0.25, 0.3) is 0 Å². The standard InChI is InChI=1S/C22H21ClN4O2S/c23-17-4-1-5-18(14-17)25-21(28)16-7-8-20(24-15-16)26-9-3-10-27(12-11-26)22(29)19-6-2-13-30-19/h1-2,4-8,13-15H,3,9-12H2,(H,25,28). The Morgan fingerprint density at radius 2 is 1.93 bits per heavy atom. The monoisotopic (exact) mass is 440 g/mol. The molecule has 0 unspecified atom stereocenters. The van der Waals surface area contributed by atoms with Crippen molar-refractivity contribution >= 4 is 46.3 Å². The lowest BCUT2D eigenvalue weighted by Crippen LogP contribution is -2.35. The van der Waals surface area contributed by atoms with Crippen LogP contribution in [0, 0.1) is 0 Å². The van der Waals surface area contributed by atoms with Gasteiger partial charge in [-0.3, -0.25) is 9.59 Å². The van der Waals surface area contributed by atoms with Gasteiger partial charge in [0.2, 0.25) is 0 Å². The summed E-state index contributed by atoms with van der Waals surface area (Å²) in [7, 11) is 0. The number of carbonyl (C=O) groups is 2. The molecule has 154 valence electrons. The molecule has 3 aromatic rings. The SMILES string of the molecule is O=C(Nc1cccc(Cl)c1)c1ccc(N2CCCN(C(=O)c3cccs3)CC2)nc1. The molecule has 0 bridgehead atoms. The summed E-state index contributed by atoms with van der Waals surface area (Å²) >= 11 is 7.43. The Morgan fingerprint density at radius 3 is 2.67 bits per heavy atom. The maximum absolute atomic E-state index is 12.6. The summed E-state index contributed by atoms with van der Waals surface area (Å²) in [5.74, 6) is 0.660. The normalized spacial score (nSPS) is 14.3. The van der Waals surface area contributed by atoms with Gasteiger partial charge in [0, 0.05) is 43.1 Å². The number of hydrogen-bond donors (Lipinski definition) is 1. The Kier molecular flexibility index (Phi) is 6.30. The number of hydrogen-bond acceptors (Lipinski definition) is 5. The van der Waals surface area contributed by atoms with Crippen molar-refractivity contribution in [3.63, 3.8) is 0 Å². The molecular weight excluding hydrogens is 420 g/mol. The zero-order valence-corrected chi connectivity index (χ0v) is 17.8. The quantitative estimate of drug-likeness (QED) is 0.653. The Labute approximate surface area is 184 Å². The molecule has 0 saturated carbocycles. The molecule has 0 radical (unpaired) electrons. The minimum Gasteiger partial charge on any atom is -0.355 e. The van der Waals surface area contributed by atoms with E-state index in [2.05, 4.69) is 15.2 Å². The molecule has 1 N–H and O–H groups in total. The van der Waals surface area contributed by atoms with Crippen molar-refractivity contribution in [2.45, 2.75) is 6.42 Å². The molecular formula is C22H21ClN4O2S. The van der Waals surface area contributed by atoms with Crippen LogP contribution in [0.2, 0.25) is 5.02 Å². The highest BCUT2D eigenvalue weighted by atomic mass is 35.5. The number of rotatable bonds is 4. The molecule has 3 heterocycles. The fourth-order valence-electron chi connectivity index (χ4n) is 3.38. The molecule has 1 aromatic carbocycles. The lowest BCUT2D eigenvalue weighted by molar-refractivity contribution is 0.0771. The number of nitrogens with zero attached hydrogens (tertiary/aromatic N) is 3. The zero-order valence-electron chi connectivity index (χ0n) is 16.3. The highest BCUT2D eigenvalue weighted by Crippen LogP contribution is 2.19. The number of benzene rings is 1. The summed E-state index contributed by atoms with van der Waals surface area (Å²) in [5, 5.41) is 5.31. The van der Waals surface area contributed by atoms with Gasteiger partial charge in [0.05, 0.1) is 10.4 Å². The molecule has 0 aliphatic carbocycles. The highest BCUT2D eigenvalue weighted by molar-refractivity contribution is 7.12. The number of amides is 2. The molecule has 30 heavy (non-hydrogen) atoms. The van der Waals surface area contributed by atoms with Crippen molar-refractivity contribution in [1.29, 1.82) is 0 Å². The van der Waals surface area contributed by atoms with Gasteiger partial charge in [-0.05, 0) is 48.2 Å². The summed E-state index contributed by atoms with van der Waals surface area (Å²) in [6.07, 6.45) is 2.45. The number of nitrogens with one attached hydrogen (secondary N) is 1. The van der Waals surface area contributed by atoms with Crippen molar-refractivity contribution in [3.05, 3.63) is 75.6 Å². The van der Waals surface area contributed by atoms with Crippen LogP contribution in [0.15, 0.2) is 60.1 Å². The van der Waals surface area contributed by atoms with Gasteiger partial charge < -0.3 is 15.1 Å². The molecule has 8 heteroatoms. The van der Waals surface area contributed by atoms with Crippen LogP contribution < -0.4 is 10.2 Å². The van der Waals surface area contributed by atoms with E-state index < -0.39 is 0 Å². The van der Waals surface area contributed by atoms with Gasteiger partial charge in [-0.2, -0.15) is 0 Å². The first-order chi connectivity index (χ1) is 14.6. The van der Waals surface area contributed by atoms with E-state index in [4.69, 9.17) is 11.6 Å². The molecule has 4 rings (SSSR count). The first-order valence-electron chi connectivity index (χ1n) is 9.71. The van der Waals surface area contributed by atoms with E-state index in [0.717, 1.165) is 30.2 Å². The highest BCUT2D eigenvalue weighted by Gasteiger charge is 2.21. The third-order valence-electron chi connectivity index (χ3n) is 4.93. The topological polar surface area (TPSA) is 65.5 Å². The summed E-state index contributed by atoms with van der Waals surface area (Å²) in [4.78, 5) is 34.4. The lowest BCUT2D eigenvalue weighted by atomic mass is 10.2. The second-order valence-corrected chi connectivity index (χ2v) is 8.36. The Balaban J connectivity index is 1.38. The molecule has 1 aliphatic heterocycles. The Morgan fingerprint density at radius 1 is 1.03 bits per heavy atom. The lowest BCUT2D eigenvalue weighted by Gasteiger charge is -2.22.